The molecular formula is C27H37Cl2N5O4S2. The van der Waals surface area contributed by atoms with E-state index in [4.69, 9.17) is 21.3 Å². The number of thiazole rings is 1. The molecule has 0 spiro atoms. The number of benzene rings is 2. The van der Waals surface area contributed by atoms with Crippen molar-refractivity contribution in [2.45, 2.75) is 31.6 Å². The van der Waals surface area contributed by atoms with Gasteiger partial charge in [-0.3, -0.25) is 9.69 Å². The molecule has 1 amide bonds. The second-order valence-electron chi connectivity index (χ2n) is 9.44. The van der Waals surface area contributed by atoms with Crippen LogP contribution in [0.1, 0.15) is 37.0 Å². The number of aromatic nitrogens is 1. The summed E-state index contributed by atoms with van der Waals surface area (Å²) in [6, 6.07) is 10.0. The molecular weight excluding hydrogens is 593 g/mol. The van der Waals surface area contributed by atoms with E-state index in [1.165, 1.54) is 16.4 Å². The summed E-state index contributed by atoms with van der Waals surface area (Å²) in [7, 11) is -1.96. The lowest BCUT2D eigenvalue weighted by atomic mass is 10.2. The third-order valence-corrected chi connectivity index (χ3v) is 10.0. The fourth-order valence-electron chi connectivity index (χ4n) is 4.63. The number of sulfonamides is 1. The topological polar surface area (TPSA) is 95.1 Å². The first kappa shape index (κ1) is 32.4. The van der Waals surface area contributed by atoms with Gasteiger partial charge in [-0.1, -0.05) is 36.8 Å². The maximum absolute atomic E-state index is 12.9. The monoisotopic (exact) mass is 629 g/mol. The molecule has 1 saturated heterocycles. The lowest BCUT2D eigenvalue weighted by molar-refractivity contribution is 0.0947. The van der Waals surface area contributed by atoms with E-state index in [9.17, 15) is 13.2 Å². The van der Waals surface area contributed by atoms with Gasteiger partial charge < -0.3 is 15.0 Å². The molecule has 2 aromatic carbocycles. The van der Waals surface area contributed by atoms with Crippen molar-refractivity contribution in [1.82, 2.24) is 19.5 Å². The normalized spacial score (nSPS) is 14.4. The lowest BCUT2D eigenvalue weighted by Gasteiger charge is -2.34. The molecule has 0 aliphatic carbocycles. The van der Waals surface area contributed by atoms with E-state index < -0.39 is 10.0 Å². The highest BCUT2D eigenvalue weighted by molar-refractivity contribution is 7.89. The van der Waals surface area contributed by atoms with E-state index in [1.807, 2.05) is 26.0 Å². The number of anilines is 1. The summed E-state index contributed by atoms with van der Waals surface area (Å²) in [6.45, 7) is 9.54. The number of amides is 1. The molecule has 40 heavy (non-hydrogen) atoms. The predicted molar refractivity (Wildman–Crippen MR) is 165 cm³/mol. The van der Waals surface area contributed by atoms with Crippen molar-refractivity contribution in [2.75, 3.05) is 64.4 Å². The molecule has 0 radical (unpaired) electrons. The van der Waals surface area contributed by atoms with Gasteiger partial charge in [-0.25, -0.2) is 13.4 Å². The number of hydrogen-bond donors (Lipinski definition) is 1. The average molecular weight is 631 g/mol. The van der Waals surface area contributed by atoms with Crippen LogP contribution in [0.5, 0.6) is 5.75 Å². The summed E-state index contributed by atoms with van der Waals surface area (Å²) in [4.78, 5) is 22.2. The first-order valence-electron chi connectivity index (χ1n) is 13.3. The molecule has 1 N–H and O–H groups in total. The van der Waals surface area contributed by atoms with Crippen LogP contribution in [0.2, 0.25) is 5.02 Å². The van der Waals surface area contributed by atoms with Gasteiger partial charge in [-0.15, -0.1) is 12.4 Å². The van der Waals surface area contributed by atoms with Gasteiger partial charge in [0.2, 0.25) is 10.0 Å². The van der Waals surface area contributed by atoms with Crippen LogP contribution in [0.3, 0.4) is 0 Å². The SMILES string of the molecule is CCCN(CCC)S(=O)(=O)c1ccc(C(=O)NCCN2CCN(c3nc4c(OC)c(Cl)ccc4s3)CC2)cc1.Cl. The van der Waals surface area contributed by atoms with Gasteiger partial charge in [-0.2, -0.15) is 4.31 Å². The Balaban J connectivity index is 0.00000441. The van der Waals surface area contributed by atoms with Gasteiger partial charge >= 0.3 is 0 Å². The molecule has 4 rings (SSSR count). The number of ether oxygens (including phenoxy) is 1. The van der Waals surface area contributed by atoms with E-state index >= 15 is 0 Å². The third-order valence-electron chi connectivity index (χ3n) is 6.72. The number of nitrogens with zero attached hydrogens (tertiary/aromatic N) is 4. The lowest BCUT2D eigenvalue weighted by Crippen LogP contribution is -2.48. The van der Waals surface area contributed by atoms with Gasteiger partial charge in [-0.05, 0) is 49.2 Å². The standard InChI is InChI=1S/C27H36ClN5O4S2.ClH/c1-4-13-33(14-5-2)39(35,36)21-8-6-20(7-9-21)26(34)29-12-15-31-16-18-32(19-17-31)27-30-24-23(38-27)11-10-22(28)25(24)37-3;/h6-11H,4-5,12-19H2,1-3H3,(H,29,34);1H. The van der Waals surface area contributed by atoms with Crippen molar-refractivity contribution < 1.29 is 17.9 Å². The Morgan fingerprint density at radius 2 is 1.73 bits per heavy atom. The van der Waals surface area contributed by atoms with E-state index in [0.29, 0.717) is 36.0 Å². The number of halogens is 2. The summed E-state index contributed by atoms with van der Waals surface area (Å²) in [5, 5.41) is 4.47. The molecule has 9 nitrogen and oxygen atoms in total. The molecule has 13 heteroatoms. The van der Waals surface area contributed by atoms with Gasteiger partial charge in [0.05, 0.1) is 21.7 Å². The molecule has 0 atom stereocenters. The minimum atomic E-state index is -3.56. The predicted octanol–water partition coefficient (Wildman–Crippen LogP) is 4.74. The van der Waals surface area contributed by atoms with Crippen LogP contribution in [-0.4, -0.2) is 88.0 Å². The number of nitrogens with one attached hydrogen (secondary N) is 1. The van der Waals surface area contributed by atoms with Crippen molar-refractivity contribution in [3.05, 3.63) is 47.0 Å². The number of carbonyl (C=O) groups excluding carboxylic acids is 1. The maximum Gasteiger partial charge on any atom is 0.251 e. The van der Waals surface area contributed by atoms with Crippen LogP contribution < -0.4 is 15.0 Å². The number of carbonyl (C=O) groups is 1. The second kappa shape index (κ2) is 14.7. The van der Waals surface area contributed by atoms with Gasteiger partial charge in [0, 0.05) is 57.9 Å². The number of piperazine rings is 1. The van der Waals surface area contributed by atoms with Crippen molar-refractivity contribution in [3.8, 4) is 5.75 Å². The van der Waals surface area contributed by atoms with E-state index in [-0.39, 0.29) is 23.2 Å². The highest BCUT2D eigenvalue weighted by Crippen LogP contribution is 2.38. The zero-order chi connectivity index (χ0) is 28.0. The molecule has 1 aliphatic heterocycles. The van der Waals surface area contributed by atoms with Crippen molar-refractivity contribution in [1.29, 1.82) is 0 Å². The Morgan fingerprint density at radius 3 is 2.33 bits per heavy atom. The molecule has 1 fully saturated rings. The molecule has 0 saturated carbocycles. The van der Waals surface area contributed by atoms with Crippen molar-refractivity contribution in [2.24, 2.45) is 0 Å². The Hall–Kier alpha value is -2.15. The summed E-state index contributed by atoms with van der Waals surface area (Å²) >= 11 is 7.88. The molecule has 220 valence electrons. The second-order valence-corrected chi connectivity index (χ2v) is 12.8. The molecule has 2 heterocycles. The van der Waals surface area contributed by atoms with Crippen LogP contribution in [-0.2, 0) is 10.0 Å². The quantitative estimate of drug-likeness (QED) is 0.309. The number of methoxy groups -OCH3 is 1. The van der Waals surface area contributed by atoms with Gasteiger partial charge in [0.1, 0.15) is 5.52 Å². The van der Waals surface area contributed by atoms with E-state index in [1.54, 1.807) is 30.6 Å². The Bertz CT molecular complexity index is 1370. The number of hydrogen-bond acceptors (Lipinski definition) is 8. The first-order chi connectivity index (χ1) is 18.8. The van der Waals surface area contributed by atoms with Gasteiger partial charge in [0.15, 0.2) is 10.9 Å². The Labute approximate surface area is 251 Å². The van der Waals surface area contributed by atoms with Crippen LogP contribution >= 0.6 is 35.3 Å². The van der Waals surface area contributed by atoms with Crippen LogP contribution in [0.4, 0.5) is 5.13 Å². The van der Waals surface area contributed by atoms with Crippen LogP contribution in [0.15, 0.2) is 41.3 Å². The average Bonchev–Trinajstić information content (AvgIpc) is 3.37. The third kappa shape index (κ3) is 7.37. The number of fused-ring (bicyclic) bond motifs is 1. The van der Waals surface area contributed by atoms with Crippen molar-refractivity contribution >= 4 is 66.6 Å². The zero-order valence-corrected chi connectivity index (χ0v) is 26.3. The minimum absolute atomic E-state index is 0. The maximum atomic E-state index is 12.9. The largest absolute Gasteiger partial charge is 0.493 e. The molecule has 1 aliphatic rings. The molecule has 3 aromatic rings. The highest BCUT2D eigenvalue weighted by Gasteiger charge is 2.24. The summed E-state index contributed by atoms with van der Waals surface area (Å²) < 4.78 is 33.9. The van der Waals surface area contributed by atoms with E-state index in [2.05, 4.69) is 15.1 Å². The molecule has 0 unspecified atom stereocenters. The number of rotatable bonds is 12. The summed E-state index contributed by atoms with van der Waals surface area (Å²) in [5.74, 6) is 0.399. The zero-order valence-electron chi connectivity index (χ0n) is 23.1. The summed E-state index contributed by atoms with van der Waals surface area (Å²) in [5.41, 5.74) is 1.24. The Morgan fingerprint density at radius 1 is 1.07 bits per heavy atom. The highest BCUT2D eigenvalue weighted by atomic mass is 35.5. The first-order valence-corrected chi connectivity index (χ1v) is 15.9. The minimum Gasteiger partial charge on any atom is -0.493 e. The smallest absolute Gasteiger partial charge is 0.251 e. The molecule has 0 bridgehead atoms. The van der Waals surface area contributed by atoms with Crippen molar-refractivity contribution in [3.63, 3.8) is 0 Å². The van der Waals surface area contributed by atoms with Gasteiger partial charge in [0.25, 0.3) is 5.91 Å². The van der Waals surface area contributed by atoms with E-state index in [0.717, 1.165) is 60.9 Å². The van der Waals surface area contributed by atoms with Crippen LogP contribution in [0.25, 0.3) is 10.2 Å². The fourth-order valence-corrected chi connectivity index (χ4v) is 7.50. The molecule has 1 aromatic heterocycles. The Kier molecular flexibility index (Phi) is 11.9. The van der Waals surface area contributed by atoms with Crippen LogP contribution in [0, 0.1) is 0 Å². The fraction of sp³-hybridized carbons (Fsp3) is 0.481. The summed E-state index contributed by atoms with van der Waals surface area (Å²) in [6.07, 6.45) is 1.50.